The number of carbonyl (C=O) groups excluding carboxylic acids is 1. The highest BCUT2D eigenvalue weighted by Crippen LogP contribution is 2.36. The van der Waals surface area contributed by atoms with Crippen molar-refractivity contribution in [1.29, 1.82) is 0 Å². The lowest BCUT2D eigenvalue weighted by Crippen LogP contribution is -2.24. The monoisotopic (exact) mass is 485 g/mol. The third kappa shape index (κ3) is 6.29. The summed E-state index contributed by atoms with van der Waals surface area (Å²) in [5, 5.41) is 6.70. The zero-order chi connectivity index (χ0) is 22.2. The van der Waals surface area contributed by atoms with Crippen molar-refractivity contribution in [2.75, 3.05) is 12.4 Å². The number of methoxy groups -OCH3 is 1. The van der Waals surface area contributed by atoms with Crippen LogP contribution in [0.4, 0.5) is 14.9 Å². The third-order valence-electron chi connectivity index (χ3n) is 4.30. The van der Waals surface area contributed by atoms with E-state index in [-0.39, 0.29) is 12.4 Å². The van der Waals surface area contributed by atoms with E-state index >= 15 is 0 Å². The van der Waals surface area contributed by atoms with Crippen molar-refractivity contribution in [3.8, 4) is 11.5 Å². The standard InChI is InChI=1S/C23H21BrFN3O3/c1-15-6-3-4-9-20(15)27-23(29)28-26-13-17-11-19(24)22(21(12-17)30-2)31-14-16-7-5-8-18(25)10-16/h3-13H,14H2,1-2H3,(H2,27,28,29). The summed E-state index contributed by atoms with van der Waals surface area (Å²) in [7, 11) is 1.52. The Morgan fingerprint density at radius 1 is 1.16 bits per heavy atom. The van der Waals surface area contributed by atoms with Crippen LogP contribution < -0.4 is 20.2 Å². The molecule has 0 bridgehead atoms. The first-order valence-electron chi connectivity index (χ1n) is 9.36. The summed E-state index contributed by atoms with van der Waals surface area (Å²) in [5.74, 6) is 0.628. The van der Waals surface area contributed by atoms with Gasteiger partial charge >= 0.3 is 6.03 Å². The molecule has 0 aliphatic heterocycles. The van der Waals surface area contributed by atoms with Gasteiger partial charge in [0.2, 0.25) is 0 Å². The Balaban J connectivity index is 1.64. The van der Waals surface area contributed by atoms with Crippen LogP contribution in [-0.2, 0) is 6.61 Å². The van der Waals surface area contributed by atoms with E-state index in [1.165, 1.54) is 25.5 Å². The summed E-state index contributed by atoms with van der Waals surface area (Å²) >= 11 is 3.46. The quantitative estimate of drug-likeness (QED) is 0.336. The van der Waals surface area contributed by atoms with Crippen LogP contribution in [0.5, 0.6) is 11.5 Å². The molecule has 0 saturated carbocycles. The van der Waals surface area contributed by atoms with E-state index in [4.69, 9.17) is 9.47 Å². The number of carbonyl (C=O) groups is 1. The van der Waals surface area contributed by atoms with Crippen LogP contribution in [-0.4, -0.2) is 19.4 Å². The van der Waals surface area contributed by atoms with Gasteiger partial charge in [-0.05, 0) is 69.9 Å². The minimum absolute atomic E-state index is 0.181. The van der Waals surface area contributed by atoms with Crippen LogP contribution >= 0.6 is 15.9 Å². The van der Waals surface area contributed by atoms with Gasteiger partial charge in [-0.2, -0.15) is 5.10 Å². The van der Waals surface area contributed by atoms with E-state index in [1.54, 1.807) is 24.3 Å². The molecule has 6 nitrogen and oxygen atoms in total. The predicted molar refractivity (Wildman–Crippen MR) is 122 cm³/mol. The number of rotatable bonds is 7. The Hall–Kier alpha value is -3.39. The number of ether oxygens (including phenoxy) is 2. The minimum atomic E-state index is -0.452. The highest BCUT2D eigenvalue weighted by Gasteiger charge is 2.12. The zero-order valence-electron chi connectivity index (χ0n) is 17.0. The fourth-order valence-corrected chi connectivity index (χ4v) is 3.34. The second-order valence-corrected chi connectivity index (χ2v) is 7.45. The van der Waals surface area contributed by atoms with Gasteiger partial charge in [0.25, 0.3) is 0 Å². The van der Waals surface area contributed by atoms with Crippen LogP contribution in [0.25, 0.3) is 0 Å². The number of halogens is 2. The largest absolute Gasteiger partial charge is 0.493 e. The van der Waals surface area contributed by atoms with E-state index in [0.29, 0.717) is 32.8 Å². The molecule has 0 aromatic heterocycles. The van der Waals surface area contributed by atoms with Crippen molar-refractivity contribution in [1.82, 2.24) is 5.43 Å². The number of hydrogen-bond donors (Lipinski definition) is 2. The first-order chi connectivity index (χ1) is 15.0. The number of benzene rings is 3. The van der Waals surface area contributed by atoms with Gasteiger partial charge in [-0.15, -0.1) is 0 Å². The molecule has 3 aromatic rings. The number of anilines is 1. The SMILES string of the molecule is COc1cc(C=NNC(=O)Nc2ccccc2C)cc(Br)c1OCc1cccc(F)c1. The Morgan fingerprint density at radius 2 is 1.97 bits per heavy atom. The highest BCUT2D eigenvalue weighted by molar-refractivity contribution is 9.10. The molecule has 160 valence electrons. The third-order valence-corrected chi connectivity index (χ3v) is 4.89. The lowest BCUT2D eigenvalue weighted by Gasteiger charge is -2.13. The van der Waals surface area contributed by atoms with Gasteiger partial charge in [-0.3, -0.25) is 0 Å². The molecule has 2 N–H and O–H groups in total. The van der Waals surface area contributed by atoms with E-state index in [2.05, 4.69) is 31.8 Å². The van der Waals surface area contributed by atoms with Crippen molar-refractivity contribution in [2.24, 2.45) is 5.10 Å². The van der Waals surface area contributed by atoms with Crippen LogP contribution in [0.3, 0.4) is 0 Å². The van der Waals surface area contributed by atoms with E-state index < -0.39 is 6.03 Å². The number of para-hydroxylation sites is 1. The van der Waals surface area contributed by atoms with Crippen LogP contribution in [0.15, 0.2) is 70.2 Å². The molecule has 0 fully saturated rings. The van der Waals surface area contributed by atoms with Crippen molar-refractivity contribution in [3.63, 3.8) is 0 Å². The van der Waals surface area contributed by atoms with Gasteiger partial charge in [0.05, 0.1) is 17.8 Å². The molecule has 31 heavy (non-hydrogen) atoms. The van der Waals surface area contributed by atoms with Gasteiger partial charge in [-0.25, -0.2) is 14.6 Å². The molecule has 0 heterocycles. The summed E-state index contributed by atoms with van der Waals surface area (Å²) < 4.78 is 25.2. The van der Waals surface area contributed by atoms with Gasteiger partial charge in [0, 0.05) is 5.69 Å². The molecule has 8 heteroatoms. The summed E-state index contributed by atoms with van der Waals surface area (Å²) in [5.41, 5.74) is 5.46. The topological polar surface area (TPSA) is 72.0 Å². The average molecular weight is 486 g/mol. The van der Waals surface area contributed by atoms with Crippen LogP contribution in [0.1, 0.15) is 16.7 Å². The summed E-state index contributed by atoms with van der Waals surface area (Å²) in [6.07, 6.45) is 1.49. The van der Waals surface area contributed by atoms with Gasteiger partial charge in [0.1, 0.15) is 12.4 Å². The predicted octanol–water partition coefficient (Wildman–Crippen LogP) is 5.64. The number of hydrazone groups is 1. The first kappa shape index (κ1) is 22.3. The van der Waals surface area contributed by atoms with Crippen LogP contribution in [0, 0.1) is 12.7 Å². The molecule has 0 unspecified atom stereocenters. The molecule has 0 radical (unpaired) electrons. The molecule has 3 rings (SSSR count). The highest BCUT2D eigenvalue weighted by atomic mass is 79.9. The molecule has 0 spiro atoms. The van der Waals surface area contributed by atoms with Gasteiger partial charge in [-0.1, -0.05) is 30.3 Å². The molecule has 0 aliphatic rings. The maximum atomic E-state index is 13.3. The zero-order valence-corrected chi connectivity index (χ0v) is 18.6. The van der Waals surface area contributed by atoms with Gasteiger partial charge < -0.3 is 14.8 Å². The second kappa shape index (κ2) is 10.6. The number of nitrogens with zero attached hydrogens (tertiary/aromatic N) is 1. The minimum Gasteiger partial charge on any atom is -0.493 e. The molecule has 3 aromatic carbocycles. The van der Waals surface area contributed by atoms with E-state index in [1.807, 2.05) is 31.2 Å². The normalized spacial score (nSPS) is 10.7. The summed E-state index contributed by atoms with van der Waals surface area (Å²) in [6, 6.07) is 16.7. The van der Waals surface area contributed by atoms with Crippen molar-refractivity contribution >= 4 is 33.9 Å². The molecule has 0 saturated heterocycles. The fraction of sp³-hybridized carbons (Fsp3) is 0.130. The number of amides is 2. The van der Waals surface area contributed by atoms with Crippen molar-refractivity contribution in [2.45, 2.75) is 13.5 Å². The van der Waals surface area contributed by atoms with Crippen molar-refractivity contribution < 1.29 is 18.7 Å². The number of nitrogens with one attached hydrogen (secondary N) is 2. The smallest absolute Gasteiger partial charge is 0.339 e. The lowest BCUT2D eigenvalue weighted by atomic mass is 10.2. The summed E-state index contributed by atoms with van der Waals surface area (Å²) in [6.45, 7) is 2.08. The first-order valence-corrected chi connectivity index (χ1v) is 10.2. The van der Waals surface area contributed by atoms with Gasteiger partial charge in [0.15, 0.2) is 11.5 Å². The number of aryl methyl sites for hydroxylation is 1. The second-order valence-electron chi connectivity index (χ2n) is 6.59. The lowest BCUT2D eigenvalue weighted by molar-refractivity contribution is 0.252. The van der Waals surface area contributed by atoms with Crippen LogP contribution in [0.2, 0.25) is 0 Å². The summed E-state index contributed by atoms with van der Waals surface area (Å²) in [4.78, 5) is 12.0. The van der Waals surface area contributed by atoms with E-state index in [0.717, 1.165) is 5.56 Å². The van der Waals surface area contributed by atoms with Crippen molar-refractivity contribution in [3.05, 3.63) is 87.6 Å². The fourth-order valence-electron chi connectivity index (χ4n) is 2.77. The maximum absolute atomic E-state index is 13.3. The number of urea groups is 1. The average Bonchev–Trinajstić information content (AvgIpc) is 2.74. The molecule has 2 amide bonds. The molecular weight excluding hydrogens is 465 g/mol. The Morgan fingerprint density at radius 3 is 2.71 bits per heavy atom. The molecular formula is C23H21BrFN3O3. The number of hydrogen-bond acceptors (Lipinski definition) is 4. The molecule has 0 atom stereocenters. The Labute approximate surface area is 188 Å². The molecule has 0 aliphatic carbocycles. The van der Waals surface area contributed by atoms with E-state index in [9.17, 15) is 9.18 Å². The Kier molecular flexibility index (Phi) is 7.61. The maximum Gasteiger partial charge on any atom is 0.339 e. The Bertz CT molecular complexity index is 1110.